The normalized spacial score (nSPS) is 16.0. The highest BCUT2D eigenvalue weighted by Gasteiger charge is 2.50. The van der Waals surface area contributed by atoms with Gasteiger partial charge in [-0.05, 0) is 12.1 Å². The van der Waals surface area contributed by atoms with Crippen LogP contribution >= 0.6 is 0 Å². The topological polar surface area (TPSA) is 78.3 Å². The van der Waals surface area contributed by atoms with Gasteiger partial charge in [0.1, 0.15) is 16.9 Å². The molecule has 1 heterocycles. The molecule has 2 aromatic rings. The van der Waals surface area contributed by atoms with E-state index in [2.05, 4.69) is 6.58 Å². The molecule has 1 aliphatic rings. The fourth-order valence-corrected chi connectivity index (χ4v) is 2.99. The lowest BCUT2D eigenvalue weighted by molar-refractivity contribution is -0.122. The molecule has 21 heavy (non-hydrogen) atoms. The second kappa shape index (κ2) is 4.75. The third-order valence-electron chi connectivity index (χ3n) is 3.99. The quantitative estimate of drug-likeness (QED) is 0.845. The third kappa shape index (κ3) is 1.69. The Bertz CT molecular complexity index is 679. The number of fused-ring (bicyclic) bond motifs is 2. The van der Waals surface area contributed by atoms with Crippen LogP contribution < -0.4 is 16.2 Å². The number of hydrogen-bond donors (Lipinski definition) is 2. The number of nitrogens with two attached hydrogens (primary N) is 2. The zero-order valence-electron chi connectivity index (χ0n) is 11.5. The largest absolute Gasteiger partial charge is 0.457 e. The number of carbonyl (C=O) groups excluding carboxylic acids is 1. The first-order valence-corrected chi connectivity index (χ1v) is 6.67. The molecule has 0 spiro atoms. The lowest BCUT2D eigenvalue weighted by Crippen LogP contribution is -2.55. The Kier molecular flexibility index (Phi) is 3.03. The molecule has 1 unspecified atom stereocenters. The summed E-state index contributed by atoms with van der Waals surface area (Å²) >= 11 is 0. The van der Waals surface area contributed by atoms with Gasteiger partial charge in [-0.3, -0.25) is 4.79 Å². The molecule has 2 aromatic carbocycles. The fourth-order valence-electron chi connectivity index (χ4n) is 2.99. The number of rotatable bonds is 3. The number of benzene rings is 2. The van der Waals surface area contributed by atoms with Gasteiger partial charge in [-0.1, -0.05) is 42.5 Å². The summed E-state index contributed by atoms with van der Waals surface area (Å²) in [6, 6.07) is 14.0. The highest BCUT2D eigenvalue weighted by molar-refractivity contribution is 5.94. The first-order chi connectivity index (χ1) is 10.1. The summed E-state index contributed by atoms with van der Waals surface area (Å²) < 4.78 is 5.88. The van der Waals surface area contributed by atoms with E-state index in [1.165, 1.54) is 0 Å². The van der Waals surface area contributed by atoms with Gasteiger partial charge in [-0.2, -0.15) is 0 Å². The maximum absolute atomic E-state index is 12.4. The second-order valence-electron chi connectivity index (χ2n) is 5.03. The van der Waals surface area contributed by atoms with E-state index in [-0.39, 0.29) is 0 Å². The van der Waals surface area contributed by atoms with Crippen LogP contribution in [0.25, 0.3) is 0 Å². The molecule has 0 radical (unpaired) electrons. The van der Waals surface area contributed by atoms with E-state index in [1.54, 1.807) is 18.2 Å². The molecule has 0 aliphatic carbocycles. The molecule has 4 N–H and O–H groups in total. The summed E-state index contributed by atoms with van der Waals surface area (Å²) in [5.74, 6) is 0.665. The molecule has 4 nitrogen and oxygen atoms in total. The average molecular weight is 280 g/mol. The van der Waals surface area contributed by atoms with Gasteiger partial charge >= 0.3 is 0 Å². The van der Waals surface area contributed by atoms with Crippen LogP contribution in [0.1, 0.15) is 11.1 Å². The summed E-state index contributed by atoms with van der Waals surface area (Å²) in [4.78, 5) is 12.4. The summed E-state index contributed by atoms with van der Waals surface area (Å²) in [7, 11) is 0. The molecule has 4 heteroatoms. The summed E-state index contributed by atoms with van der Waals surface area (Å²) in [5, 5.41) is 0. The molecular formula is C17H16N2O2. The lowest BCUT2D eigenvalue weighted by Gasteiger charge is -2.40. The molecule has 0 aromatic heterocycles. The summed E-state index contributed by atoms with van der Waals surface area (Å²) in [6.45, 7) is 3.74. The van der Waals surface area contributed by atoms with Gasteiger partial charge in [0.05, 0.1) is 0 Å². The van der Waals surface area contributed by atoms with Crippen LogP contribution in [0.3, 0.4) is 0 Å². The molecule has 0 saturated heterocycles. The van der Waals surface area contributed by atoms with Crippen LogP contribution in [0.2, 0.25) is 0 Å². The predicted molar refractivity (Wildman–Crippen MR) is 81.1 cm³/mol. The van der Waals surface area contributed by atoms with Crippen molar-refractivity contribution in [3.63, 3.8) is 0 Å². The van der Waals surface area contributed by atoms with Crippen molar-refractivity contribution in [3.8, 4) is 11.5 Å². The van der Waals surface area contributed by atoms with Crippen molar-refractivity contribution in [2.24, 2.45) is 11.5 Å². The molecular weight excluding hydrogens is 264 g/mol. The van der Waals surface area contributed by atoms with Crippen molar-refractivity contribution >= 4 is 5.91 Å². The SMILES string of the molecule is C=CC(N)C1(C(N)=O)c2ccccc2Oc2ccccc21. The Morgan fingerprint density at radius 3 is 2.00 bits per heavy atom. The van der Waals surface area contributed by atoms with Gasteiger partial charge < -0.3 is 16.2 Å². The first-order valence-electron chi connectivity index (χ1n) is 6.67. The number of para-hydroxylation sites is 2. The number of carbonyl (C=O) groups is 1. The van der Waals surface area contributed by atoms with E-state index in [0.717, 1.165) is 0 Å². The molecule has 3 rings (SSSR count). The van der Waals surface area contributed by atoms with Crippen LogP contribution in [-0.4, -0.2) is 11.9 Å². The number of ether oxygens (including phenoxy) is 1. The van der Waals surface area contributed by atoms with Gasteiger partial charge in [-0.25, -0.2) is 0 Å². The smallest absolute Gasteiger partial charge is 0.234 e. The van der Waals surface area contributed by atoms with Crippen LogP contribution in [0.4, 0.5) is 0 Å². The van der Waals surface area contributed by atoms with Crippen molar-refractivity contribution in [1.82, 2.24) is 0 Å². The van der Waals surface area contributed by atoms with Crippen molar-refractivity contribution in [3.05, 3.63) is 72.3 Å². The standard InChI is InChI=1S/C17H16N2O2/c1-2-15(18)17(16(19)20)11-7-3-5-9-13(11)21-14-10-6-4-8-12(14)17/h2-10,15H,1,18H2,(H2,19,20). The van der Waals surface area contributed by atoms with E-state index in [1.807, 2.05) is 36.4 Å². The maximum Gasteiger partial charge on any atom is 0.234 e. The van der Waals surface area contributed by atoms with Crippen LogP contribution in [0.5, 0.6) is 11.5 Å². The van der Waals surface area contributed by atoms with E-state index < -0.39 is 17.4 Å². The Balaban J connectivity index is 2.42. The minimum absolute atomic E-state index is 0.516. The van der Waals surface area contributed by atoms with E-state index in [4.69, 9.17) is 16.2 Å². The molecule has 0 fully saturated rings. The third-order valence-corrected chi connectivity index (χ3v) is 3.99. The van der Waals surface area contributed by atoms with Crippen molar-refractivity contribution in [2.45, 2.75) is 11.5 Å². The van der Waals surface area contributed by atoms with Gasteiger partial charge in [0, 0.05) is 17.2 Å². The Morgan fingerprint density at radius 1 is 1.10 bits per heavy atom. The number of hydrogen-bond acceptors (Lipinski definition) is 3. The van der Waals surface area contributed by atoms with E-state index in [9.17, 15) is 4.79 Å². The van der Waals surface area contributed by atoms with Gasteiger partial charge in [-0.15, -0.1) is 6.58 Å². The van der Waals surface area contributed by atoms with Crippen molar-refractivity contribution in [1.29, 1.82) is 0 Å². The molecule has 0 saturated carbocycles. The van der Waals surface area contributed by atoms with Crippen LogP contribution in [0.15, 0.2) is 61.2 Å². The monoisotopic (exact) mass is 280 g/mol. The van der Waals surface area contributed by atoms with E-state index >= 15 is 0 Å². The Morgan fingerprint density at radius 2 is 1.57 bits per heavy atom. The minimum atomic E-state index is -1.17. The molecule has 1 amide bonds. The van der Waals surface area contributed by atoms with E-state index in [0.29, 0.717) is 22.6 Å². The highest BCUT2D eigenvalue weighted by atomic mass is 16.5. The predicted octanol–water partition coefficient (Wildman–Crippen LogP) is 2.08. The molecule has 106 valence electrons. The zero-order chi connectivity index (χ0) is 15.0. The average Bonchev–Trinajstić information content (AvgIpc) is 2.51. The van der Waals surface area contributed by atoms with Gasteiger partial charge in [0.25, 0.3) is 0 Å². The number of amides is 1. The van der Waals surface area contributed by atoms with Crippen molar-refractivity contribution < 1.29 is 9.53 Å². The van der Waals surface area contributed by atoms with Gasteiger partial charge in [0.2, 0.25) is 5.91 Å². The molecule has 1 atom stereocenters. The maximum atomic E-state index is 12.4. The van der Waals surface area contributed by atoms with Crippen LogP contribution in [-0.2, 0) is 10.2 Å². The van der Waals surface area contributed by atoms with Gasteiger partial charge in [0.15, 0.2) is 0 Å². The molecule has 0 bridgehead atoms. The lowest BCUT2D eigenvalue weighted by atomic mass is 9.67. The molecule has 1 aliphatic heterocycles. The Hall–Kier alpha value is -2.59. The fraction of sp³-hybridized carbons (Fsp3) is 0.118. The second-order valence-corrected chi connectivity index (χ2v) is 5.03. The summed E-state index contributed by atoms with van der Waals surface area (Å²) in [6.07, 6.45) is 1.55. The van der Waals surface area contributed by atoms with Crippen molar-refractivity contribution in [2.75, 3.05) is 0 Å². The minimum Gasteiger partial charge on any atom is -0.457 e. The highest BCUT2D eigenvalue weighted by Crippen LogP contribution is 2.49. The zero-order valence-corrected chi connectivity index (χ0v) is 11.5. The van der Waals surface area contributed by atoms with Crippen LogP contribution in [0, 0.1) is 0 Å². The summed E-state index contributed by atoms with van der Waals surface area (Å²) in [5.41, 5.74) is 12.2. The number of primary amides is 1. The first kappa shape index (κ1) is 13.4. The Labute approximate surface area is 123 Å².